The van der Waals surface area contributed by atoms with E-state index in [2.05, 4.69) is 27.7 Å². The van der Waals surface area contributed by atoms with Crippen LogP contribution in [0.5, 0.6) is 0 Å². The minimum Gasteiger partial charge on any atom is -0.384 e. The lowest BCUT2D eigenvalue weighted by atomic mass is 9.78. The molecule has 0 unspecified atom stereocenters. The fraction of sp³-hybridized carbons (Fsp3) is 1.00. The molecule has 1 rings (SSSR count). The fourth-order valence-corrected chi connectivity index (χ4v) is 3.27. The Kier molecular flexibility index (Phi) is 6.96. The minimum absolute atomic E-state index is 0.0435. The molecule has 1 aliphatic rings. The summed E-state index contributed by atoms with van der Waals surface area (Å²) in [5.74, 6) is 1.15. The van der Waals surface area contributed by atoms with Crippen LogP contribution in [0.4, 0.5) is 0 Å². The van der Waals surface area contributed by atoms with E-state index in [1.807, 2.05) is 0 Å². The van der Waals surface area contributed by atoms with Crippen LogP contribution in [0.1, 0.15) is 53.4 Å². The van der Waals surface area contributed by atoms with Gasteiger partial charge in [0.15, 0.2) is 0 Å². The topological polar surface area (TPSA) is 27.7 Å². The van der Waals surface area contributed by atoms with Gasteiger partial charge in [-0.25, -0.2) is 0 Å². The molecule has 1 saturated carbocycles. The molecule has 20 heavy (non-hydrogen) atoms. The van der Waals surface area contributed by atoms with Gasteiger partial charge in [-0.1, -0.05) is 26.7 Å². The Bertz CT molecular complexity index is 261. The molecule has 0 aromatic carbocycles. The first kappa shape index (κ1) is 17.9. The third kappa shape index (κ3) is 4.44. The lowest BCUT2D eigenvalue weighted by Crippen LogP contribution is -2.45. The highest BCUT2D eigenvalue weighted by Gasteiger charge is 2.39. The smallest absolute Gasteiger partial charge is 0.0654 e. The predicted molar refractivity (Wildman–Crippen MR) is 83.0 cm³/mol. The molecule has 3 nitrogen and oxygen atoms in total. The zero-order valence-corrected chi connectivity index (χ0v) is 14.3. The van der Waals surface area contributed by atoms with Crippen molar-refractivity contribution in [3.63, 3.8) is 0 Å². The van der Waals surface area contributed by atoms with Crippen LogP contribution in [0.3, 0.4) is 0 Å². The van der Waals surface area contributed by atoms with Crippen molar-refractivity contribution in [1.82, 2.24) is 0 Å². The van der Waals surface area contributed by atoms with Gasteiger partial charge in [0, 0.05) is 19.6 Å². The summed E-state index contributed by atoms with van der Waals surface area (Å²) in [6.45, 7) is 11.0. The molecule has 0 N–H and O–H groups in total. The van der Waals surface area contributed by atoms with E-state index in [0.29, 0.717) is 31.7 Å². The predicted octanol–water partition coefficient (Wildman–Crippen LogP) is 3.91. The molecule has 120 valence electrons. The summed E-state index contributed by atoms with van der Waals surface area (Å²) in [7, 11) is 3.52. The highest BCUT2D eigenvalue weighted by molar-refractivity contribution is 4.87. The highest BCUT2D eigenvalue weighted by Crippen LogP contribution is 2.38. The lowest BCUT2D eigenvalue weighted by molar-refractivity contribution is -0.137. The van der Waals surface area contributed by atoms with E-state index in [1.165, 1.54) is 25.7 Å². The van der Waals surface area contributed by atoms with Crippen LogP contribution >= 0.6 is 0 Å². The second kappa shape index (κ2) is 7.77. The number of hydrogen-bond acceptors (Lipinski definition) is 3. The third-order valence-corrected chi connectivity index (χ3v) is 5.16. The molecule has 0 bridgehead atoms. The minimum atomic E-state index is -0.0562. The van der Waals surface area contributed by atoms with Gasteiger partial charge in [-0.15, -0.1) is 0 Å². The maximum absolute atomic E-state index is 6.39. The van der Waals surface area contributed by atoms with Crippen LogP contribution < -0.4 is 0 Å². The zero-order chi connectivity index (χ0) is 15.2. The maximum Gasteiger partial charge on any atom is 0.0654 e. The Morgan fingerprint density at radius 3 is 1.85 bits per heavy atom. The normalized spacial score (nSPS) is 18.1. The first-order chi connectivity index (χ1) is 9.38. The van der Waals surface area contributed by atoms with E-state index in [-0.39, 0.29) is 11.0 Å². The average Bonchev–Trinajstić information content (AvgIpc) is 2.91. The Morgan fingerprint density at radius 1 is 0.950 bits per heavy atom. The number of methoxy groups -OCH3 is 2. The standard InChI is InChI=1S/C17H34O3/c1-14(2)17(11-18-5,12-19-6)13-20-16(3,4)15-9-7-8-10-15/h14-15H,7-13H2,1-6H3. The number of rotatable bonds is 9. The fourth-order valence-electron chi connectivity index (χ4n) is 3.27. The summed E-state index contributed by atoms with van der Waals surface area (Å²) >= 11 is 0. The first-order valence-electron chi connectivity index (χ1n) is 8.00. The number of ether oxygens (including phenoxy) is 3. The van der Waals surface area contributed by atoms with Gasteiger partial charge in [0.2, 0.25) is 0 Å². The molecule has 0 heterocycles. The van der Waals surface area contributed by atoms with Crippen LogP contribution in [-0.4, -0.2) is 39.6 Å². The highest BCUT2D eigenvalue weighted by atomic mass is 16.5. The van der Waals surface area contributed by atoms with Crippen molar-refractivity contribution in [1.29, 1.82) is 0 Å². The molecule has 0 saturated heterocycles. The van der Waals surface area contributed by atoms with Crippen molar-refractivity contribution >= 4 is 0 Å². The van der Waals surface area contributed by atoms with Crippen molar-refractivity contribution in [2.24, 2.45) is 17.3 Å². The molecule has 0 spiro atoms. The Labute approximate surface area is 125 Å². The van der Waals surface area contributed by atoms with Crippen LogP contribution in [0.2, 0.25) is 0 Å². The van der Waals surface area contributed by atoms with Crippen molar-refractivity contribution in [3.05, 3.63) is 0 Å². The van der Waals surface area contributed by atoms with E-state index in [9.17, 15) is 0 Å². The molecule has 0 radical (unpaired) electrons. The summed E-state index contributed by atoms with van der Waals surface area (Å²) in [6.07, 6.45) is 5.30. The van der Waals surface area contributed by atoms with Crippen LogP contribution in [0.15, 0.2) is 0 Å². The molecule has 1 fully saturated rings. The van der Waals surface area contributed by atoms with Gasteiger partial charge in [0.1, 0.15) is 0 Å². The molecular formula is C17H34O3. The quantitative estimate of drug-likeness (QED) is 0.643. The molecule has 0 aromatic rings. The van der Waals surface area contributed by atoms with Crippen molar-refractivity contribution in [2.45, 2.75) is 59.0 Å². The van der Waals surface area contributed by atoms with E-state index in [1.54, 1.807) is 14.2 Å². The zero-order valence-electron chi connectivity index (χ0n) is 14.3. The van der Waals surface area contributed by atoms with E-state index >= 15 is 0 Å². The molecule has 0 atom stereocenters. The lowest BCUT2D eigenvalue weighted by Gasteiger charge is -2.41. The van der Waals surface area contributed by atoms with Gasteiger partial charge in [-0.2, -0.15) is 0 Å². The van der Waals surface area contributed by atoms with Gasteiger partial charge in [0.05, 0.1) is 25.4 Å². The summed E-state index contributed by atoms with van der Waals surface area (Å²) in [5, 5.41) is 0. The SMILES string of the molecule is COCC(COC)(COC(C)(C)C1CCCC1)C(C)C. The first-order valence-corrected chi connectivity index (χ1v) is 8.00. The van der Waals surface area contributed by atoms with Gasteiger partial charge in [-0.05, 0) is 38.5 Å². The van der Waals surface area contributed by atoms with Crippen LogP contribution in [0, 0.1) is 17.3 Å². The Morgan fingerprint density at radius 2 is 1.45 bits per heavy atom. The van der Waals surface area contributed by atoms with Crippen LogP contribution in [-0.2, 0) is 14.2 Å². The van der Waals surface area contributed by atoms with Crippen molar-refractivity contribution < 1.29 is 14.2 Å². The average molecular weight is 286 g/mol. The second-order valence-electron chi connectivity index (χ2n) is 7.26. The third-order valence-electron chi connectivity index (χ3n) is 5.16. The molecule has 3 heteroatoms. The van der Waals surface area contributed by atoms with Gasteiger partial charge in [-0.3, -0.25) is 0 Å². The van der Waals surface area contributed by atoms with Crippen LogP contribution in [0.25, 0.3) is 0 Å². The van der Waals surface area contributed by atoms with E-state index < -0.39 is 0 Å². The van der Waals surface area contributed by atoms with Crippen molar-refractivity contribution in [3.8, 4) is 0 Å². The summed E-state index contributed by atoms with van der Waals surface area (Å²) in [5.41, 5.74) is -0.0997. The number of hydrogen-bond donors (Lipinski definition) is 0. The van der Waals surface area contributed by atoms with Gasteiger partial charge < -0.3 is 14.2 Å². The van der Waals surface area contributed by atoms with E-state index in [0.717, 1.165) is 0 Å². The molecule has 1 aliphatic carbocycles. The molecule has 0 aliphatic heterocycles. The summed E-state index contributed by atoms with van der Waals surface area (Å²) in [6, 6.07) is 0. The molecule has 0 aromatic heterocycles. The Balaban J connectivity index is 2.68. The summed E-state index contributed by atoms with van der Waals surface area (Å²) < 4.78 is 17.3. The maximum atomic E-state index is 6.39. The van der Waals surface area contributed by atoms with Gasteiger partial charge in [0.25, 0.3) is 0 Å². The van der Waals surface area contributed by atoms with Gasteiger partial charge >= 0.3 is 0 Å². The monoisotopic (exact) mass is 286 g/mol. The second-order valence-corrected chi connectivity index (χ2v) is 7.26. The van der Waals surface area contributed by atoms with Crippen molar-refractivity contribution in [2.75, 3.05) is 34.0 Å². The largest absolute Gasteiger partial charge is 0.384 e. The Hall–Kier alpha value is -0.120. The molecule has 0 amide bonds. The summed E-state index contributed by atoms with van der Waals surface area (Å²) in [4.78, 5) is 0. The molecular weight excluding hydrogens is 252 g/mol. The van der Waals surface area contributed by atoms with E-state index in [4.69, 9.17) is 14.2 Å².